The van der Waals surface area contributed by atoms with Gasteiger partial charge >= 0.3 is 0 Å². The van der Waals surface area contributed by atoms with Crippen LogP contribution in [0.2, 0.25) is 0 Å². The predicted molar refractivity (Wildman–Crippen MR) is 141 cm³/mol. The van der Waals surface area contributed by atoms with Gasteiger partial charge in [0.25, 0.3) is 0 Å². The number of likely N-dealkylation sites (tertiary alicyclic amines) is 1. The zero-order chi connectivity index (χ0) is 23.7. The van der Waals surface area contributed by atoms with Gasteiger partial charge in [-0.25, -0.2) is 4.98 Å². The maximum absolute atomic E-state index is 9.24. The number of piperidine rings is 1. The van der Waals surface area contributed by atoms with Crippen LogP contribution in [0.25, 0.3) is 16.6 Å². The summed E-state index contributed by atoms with van der Waals surface area (Å²) in [6.07, 6.45) is 12.3. The summed E-state index contributed by atoms with van der Waals surface area (Å²) in [5, 5.41) is 17.6. The number of aryl methyl sites for hydroxylation is 1. The van der Waals surface area contributed by atoms with Gasteiger partial charge in [-0.3, -0.25) is 4.98 Å². The van der Waals surface area contributed by atoms with Crippen LogP contribution in [-0.2, 0) is 0 Å². The lowest BCUT2D eigenvalue weighted by Gasteiger charge is -2.36. The average molecular weight is 475 g/mol. The van der Waals surface area contributed by atoms with E-state index < -0.39 is 0 Å². The molecule has 1 unspecified atom stereocenters. The van der Waals surface area contributed by atoms with Crippen LogP contribution >= 0.6 is 11.3 Å². The second kappa shape index (κ2) is 9.84. The summed E-state index contributed by atoms with van der Waals surface area (Å²) in [5.41, 5.74) is 7.58. The predicted octanol–water partition coefficient (Wildman–Crippen LogP) is 4.87. The number of fused-ring (bicyclic) bond motifs is 1. The van der Waals surface area contributed by atoms with E-state index in [2.05, 4.69) is 52.2 Å². The first-order chi connectivity index (χ1) is 16.5. The maximum Gasteiger partial charge on any atom is 0.0901 e. The molecular formula is C27H34N6S. The van der Waals surface area contributed by atoms with Crippen LogP contribution in [0.15, 0.2) is 48.1 Å². The van der Waals surface area contributed by atoms with Crippen molar-refractivity contribution in [2.45, 2.75) is 51.5 Å². The summed E-state index contributed by atoms with van der Waals surface area (Å²) in [6.45, 7) is 12.0. The van der Waals surface area contributed by atoms with Crippen molar-refractivity contribution in [3.05, 3.63) is 64.2 Å². The molecule has 2 aromatic rings. The largest absolute Gasteiger partial charge is 0.385 e. The van der Waals surface area contributed by atoms with Crippen molar-refractivity contribution >= 4 is 23.1 Å². The first-order valence-electron chi connectivity index (χ1n) is 12.3. The first-order valence-corrected chi connectivity index (χ1v) is 13.1. The molecule has 3 N–H and O–H groups in total. The fraction of sp³-hybridized carbons (Fsp3) is 0.444. The summed E-state index contributed by atoms with van der Waals surface area (Å²) in [5.74, 6) is 0.0432. The lowest BCUT2D eigenvalue weighted by Crippen LogP contribution is -2.44. The number of hydrogen-bond donors (Lipinski definition) is 3. The highest BCUT2D eigenvalue weighted by molar-refractivity contribution is 7.15. The molecular weight excluding hydrogens is 440 g/mol. The van der Waals surface area contributed by atoms with Crippen LogP contribution < -0.4 is 10.6 Å². The highest BCUT2D eigenvalue weighted by Gasteiger charge is 2.29. The molecule has 4 heterocycles. The van der Waals surface area contributed by atoms with Crippen molar-refractivity contribution in [3.63, 3.8) is 0 Å². The van der Waals surface area contributed by atoms with Gasteiger partial charge in [0.2, 0.25) is 0 Å². The van der Waals surface area contributed by atoms with Gasteiger partial charge in [-0.15, -0.1) is 11.3 Å². The summed E-state index contributed by atoms with van der Waals surface area (Å²) in [7, 11) is 0. The lowest BCUT2D eigenvalue weighted by molar-refractivity contribution is 0.248. The number of pyridine rings is 1. The molecule has 2 aromatic heterocycles. The Balaban J connectivity index is 1.36. The third kappa shape index (κ3) is 4.72. The van der Waals surface area contributed by atoms with E-state index in [1.807, 2.05) is 19.3 Å². The molecule has 1 saturated heterocycles. The topological polar surface area (TPSA) is 76.9 Å². The van der Waals surface area contributed by atoms with Crippen LogP contribution in [0, 0.1) is 12.3 Å². The molecule has 1 atom stereocenters. The van der Waals surface area contributed by atoms with E-state index in [-0.39, 0.29) is 5.92 Å². The highest BCUT2D eigenvalue weighted by Crippen LogP contribution is 2.35. The Bertz CT molecular complexity index is 1150. The molecule has 0 aromatic carbocycles. The summed E-state index contributed by atoms with van der Waals surface area (Å²) in [4.78, 5) is 12.6. The van der Waals surface area contributed by atoms with Crippen molar-refractivity contribution in [2.24, 2.45) is 0 Å². The Morgan fingerprint density at radius 1 is 1.26 bits per heavy atom. The van der Waals surface area contributed by atoms with E-state index >= 15 is 0 Å². The van der Waals surface area contributed by atoms with Crippen molar-refractivity contribution in [2.75, 3.05) is 26.2 Å². The molecule has 1 fully saturated rings. The molecule has 5 rings (SSSR count). The van der Waals surface area contributed by atoms with Gasteiger partial charge in [-0.2, -0.15) is 0 Å². The van der Waals surface area contributed by atoms with Crippen LogP contribution in [0.3, 0.4) is 0 Å². The SMILES string of the molecule is C=C(C)N1CCC(NC2=C(C(=N)C3CC=Cc4cc(-c5cnc(C)s5)ncc43)CNCC2)CC1. The number of nitrogens with one attached hydrogen (secondary N) is 3. The summed E-state index contributed by atoms with van der Waals surface area (Å²) in [6, 6.07) is 2.62. The Labute approximate surface area is 206 Å². The van der Waals surface area contributed by atoms with Gasteiger partial charge in [0, 0.05) is 79.6 Å². The number of hydrogen-bond acceptors (Lipinski definition) is 7. The smallest absolute Gasteiger partial charge is 0.0901 e. The third-order valence-electron chi connectivity index (χ3n) is 7.19. The minimum atomic E-state index is 0.0432. The molecule has 1 aliphatic carbocycles. The Morgan fingerprint density at radius 2 is 2.09 bits per heavy atom. The standard InChI is InChI=1S/C27H34N6S/c1-17(2)33-11-8-20(9-12-33)32-24-7-10-29-14-23(24)27(28)21-6-4-5-19-13-25(31-15-22(19)21)26-16-30-18(3)34-26/h4-5,13,15-16,20-21,28-29,32H,1,6-12,14H2,2-3H3. The van der Waals surface area contributed by atoms with Crippen LogP contribution in [0.5, 0.6) is 0 Å². The second-order valence-electron chi connectivity index (χ2n) is 9.57. The molecule has 0 saturated carbocycles. The third-order valence-corrected chi connectivity index (χ3v) is 8.13. The van der Waals surface area contributed by atoms with E-state index in [1.165, 1.54) is 11.3 Å². The van der Waals surface area contributed by atoms with Gasteiger partial charge in [0.1, 0.15) is 0 Å². The van der Waals surface area contributed by atoms with Gasteiger partial charge in [0.05, 0.1) is 15.6 Å². The van der Waals surface area contributed by atoms with Gasteiger partial charge in [-0.05, 0) is 50.3 Å². The Hall–Kier alpha value is -2.77. The maximum atomic E-state index is 9.24. The molecule has 6 nitrogen and oxygen atoms in total. The van der Waals surface area contributed by atoms with E-state index in [1.54, 1.807) is 11.3 Å². The average Bonchev–Trinajstić information content (AvgIpc) is 3.30. The van der Waals surface area contributed by atoms with Gasteiger partial charge in [-0.1, -0.05) is 18.7 Å². The van der Waals surface area contributed by atoms with E-state index in [4.69, 9.17) is 4.98 Å². The van der Waals surface area contributed by atoms with Gasteiger partial charge < -0.3 is 20.9 Å². The molecule has 0 spiro atoms. The number of nitrogens with zero attached hydrogens (tertiary/aromatic N) is 3. The summed E-state index contributed by atoms with van der Waals surface area (Å²) >= 11 is 1.67. The second-order valence-corrected chi connectivity index (χ2v) is 10.8. The molecule has 178 valence electrons. The van der Waals surface area contributed by atoms with Crippen molar-refractivity contribution in [3.8, 4) is 10.6 Å². The van der Waals surface area contributed by atoms with E-state index in [0.29, 0.717) is 6.04 Å². The molecule has 0 radical (unpaired) electrons. The Morgan fingerprint density at radius 3 is 2.82 bits per heavy atom. The highest BCUT2D eigenvalue weighted by atomic mass is 32.1. The van der Waals surface area contributed by atoms with E-state index in [0.717, 1.165) is 90.0 Å². The fourth-order valence-electron chi connectivity index (χ4n) is 5.23. The van der Waals surface area contributed by atoms with Gasteiger partial charge in [0.15, 0.2) is 0 Å². The molecule has 0 amide bonds. The van der Waals surface area contributed by atoms with Crippen LogP contribution in [0.1, 0.15) is 54.7 Å². The molecule has 34 heavy (non-hydrogen) atoms. The number of rotatable bonds is 6. The zero-order valence-electron chi connectivity index (χ0n) is 20.2. The normalized spacial score (nSPS) is 20.9. The minimum absolute atomic E-state index is 0.0432. The molecule has 2 aliphatic heterocycles. The molecule has 0 bridgehead atoms. The monoisotopic (exact) mass is 474 g/mol. The quantitative estimate of drug-likeness (QED) is 0.521. The Kier molecular flexibility index (Phi) is 6.66. The van der Waals surface area contributed by atoms with Crippen LogP contribution in [0.4, 0.5) is 0 Å². The van der Waals surface area contributed by atoms with Crippen molar-refractivity contribution in [1.82, 2.24) is 25.5 Å². The van der Waals surface area contributed by atoms with Crippen molar-refractivity contribution < 1.29 is 0 Å². The molecule has 3 aliphatic rings. The number of aromatic nitrogens is 2. The molecule has 7 heteroatoms. The fourth-order valence-corrected chi connectivity index (χ4v) is 5.97. The zero-order valence-corrected chi connectivity index (χ0v) is 21.0. The minimum Gasteiger partial charge on any atom is -0.385 e. The number of thiazole rings is 1. The lowest BCUT2D eigenvalue weighted by atomic mass is 9.81. The first kappa shape index (κ1) is 23.0. The van der Waals surface area contributed by atoms with Crippen molar-refractivity contribution in [1.29, 1.82) is 5.41 Å². The summed E-state index contributed by atoms with van der Waals surface area (Å²) < 4.78 is 0. The number of allylic oxidation sites excluding steroid dienone is 2. The van der Waals surface area contributed by atoms with Crippen LogP contribution in [-0.4, -0.2) is 52.8 Å². The van der Waals surface area contributed by atoms with E-state index in [9.17, 15) is 5.41 Å².